The topological polar surface area (TPSA) is 79.9 Å². The predicted molar refractivity (Wildman–Crippen MR) is 91.3 cm³/mol. The molecule has 3 heterocycles. The largest absolute Gasteiger partial charge is 0.493 e. The van der Waals surface area contributed by atoms with E-state index in [9.17, 15) is 5.11 Å². The zero-order valence-electron chi connectivity index (χ0n) is 13.7. The lowest BCUT2D eigenvalue weighted by Crippen LogP contribution is -2.12. The molecule has 0 amide bonds. The maximum Gasteiger partial charge on any atom is 0.222 e. The first-order valence-electron chi connectivity index (χ1n) is 7.75. The standard InChI is InChI=1S/C18H18N4O2/c1-18(2,3)16-13-10-22(17(23)15(13)19-20-16)12-6-4-11(5-7-12)14-8-9-24-21-14/h4-10,19,23H,1-3H3. The van der Waals surface area contributed by atoms with E-state index >= 15 is 0 Å². The molecule has 0 radical (unpaired) electrons. The van der Waals surface area contributed by atoms with Gasteiger partial charge in [0, 0.05) is 34.3 Å². The molecule has 24 heavy (non-hydrogen) atoms. The van der Waals surface area contributed by atoms with Gasteiger partial charge >= 0.3 is 0 Å². The molecule has 4 rings (SSSR count). The van der Waals surface area contributed by atoms with Crippen molar-refractivity contribution in [3.05, 3.63) is 48.5 Å². The van der Waals surface area contributed by atoms with Gasteiger partial charge < -0.3 is 9.63 Å². The molecular formula is C18H18N4O2. The highest BCUT2D eigenvalue weighted by molar-refractivity contribution is 5.88. The number of benzene rings is 1. The summed E-state index contributed by atoms with van der Waals surface area (Å²) in [5.74, 6) is 0.155. The summed E-state index contributed by atoms with van der Waals surface area (Å²) in [5, 5.41) is 22.7. The van der Waals surface area contributed by atoms with E-state index in [0.29, 0.717) is 5.52 Å². The fourth-order valence-electron chi connectivity index (χ4n) is 2.88. The minimum Gasteiger partial charge on any atom is -0.493 e. The molecule has 0 aliphatic heterocycles. The Hall–Kier alpha value is -3.02. The van der Waals surface area contributed by atoms with Crippen LogP contribution in [0.4, 0.5) is 0 Å². The van der Waals surface area contributed by atoms with Gasteiger partial charge in [0.05, 0.1) is 5.69 Å². The Balaban J connectivity index is 1.79. The van der Waals surface area contributed by atoms with E-state index in [0.717, 1.165) is 28.0 Å². The lowest BCUT2D eigenvalue weighted by Gasteiger charge is -2.14. The van der Waals surface area contributed by atoms with Crippen LogP contribution in [0.1, 0.15) is 26.5 Å². The maximum absolute atomic E-state index is 10.5. The van der Waals surface area contributed by atoms with Gasteiger partial charge in [0.1, 0.15) is 17.5 Å². The molecule has 4 aromatic rings. The number of hydrogen-bond acceptors (Lipinski definition) is 4. The Morgan fingerprint density at radius 2 is 1.88 bits per heavy atom. The summed E-state index contributed by atoms with van der Waals surface area (Å²) in [6.45, 7) is 6.30. The monoisotopic (exact) mass is 322 g/mol. The average Bonchev–Trinajstić information content (AvgIpc) is 3.25. The summed E-state index contributed by atoms with van der Waals surface area (Å²) in [4.78, 5) is 0. The van der Waals surface area contributed by atoms with E-state index in [4.69, 9.17) is 4.52 Å². The van der Waals surface area contributed by atoms with Gasteiger partial charge in [-0.15, -0.1) is 0 Å². The third-order valence-corrected chi connectivity index (χ3v) is 4.10. The van der Waals surface area contributed by atoms with Crippen molar-refractivity contribution in [2.75, 3.05) is 0 Å². The van der Waals surface area contributed by atoms with Crippen LogP contribution in [0, 0.1) is 0 Å². The van der Waals surface area contributed by atoms with E-state index < -0.39 is 0 Å². The normalized spacial score (nSPS) is 12.1. The first-order valence-corrected chi connectivity index (χ1v) is 7.75. The minimum atomic E-state index is -0.103. The number of nitrogens with one attached hydrogen (secondary N) is 1. The second-order valence-electron chi connectivity index (χ2n) is 6.87. The van der Waals surface area contributed by atoms with Gasteiger partial charge in [-0.1, -0.05) is 38.1 Å². The molecule has 0 unspecified atom stereocenters. The number of aromatic hydroxyl groups is 1. The highest BCUT2D eigenvalue weighted by Gasteiger charge is 2.24. The highest BCUT2D eigenvalue weighted by Crippen LogP contribution is 2.35. The second-order valence-corrected chi connectivity index (χ2v) is 6.87. The zero-order chi connectivity index (χ0) is 16.9. The molecule has 0 atom stereocenters. The quantitative estimate of drug-likeness (QED) is 0.584. The molecule has 0 bridgehead atoms. The van der Waals surface area contributed by atoms with Crippen molar-refractivity contribution in [3.63, 3.8) is 0 Å². The number of fused-ring (bicyclic) bond motifs is 1. The Morgan fingerprint density at radius 3 is 2.50 bits per heavy atom. The first-order chi connectivity index (χ1) is 11.4. The van der Waals surface area contributed by atoms with Crippen molar-refractivity contribution in [3.8, 4) is 22.8 Å². The van der Waals surface area contributed by atoms with Crippen molar-refractivity contribution in [2.24, 2.45) is 0 Å². The van der Waals surface area contributed by atoms with Gasteiger partial charge in [-0.05, 0) is 12.1 Å². The van der Waals surface area contributed by atoms with Gasteiger partial charge in [0.15, 0.2) is 0 Å². The van der Waals surface area contributed by atoms with Crippen molar-refractivity contribution in [1.29, 1.82) is 0 Å². The van der Waals surface area contributed by atoms with Crippen LogP contribution in [0.25, 0.3) is 27.8 Å². The lowest BCUT2D eigenvalue weighted by atomic mass is 9.91. The number of hydrogen-bond donors (Lipinski definition) is 2. The van der Waals surface area contributed by atoms with Gasteiger partial charge in [-0.3, -0.25) is 9.67 Å². The SMILES string of the molecule is CC(C)(C)c1n[nH]c2c(O)n(-c3ccc(-c4ccon4)cc3)cc12. The molecule has 122 valence electrons. The Labute approximate surface area is 138 Å². The summed E-state index contributed by atoms with van der Waals surface area (Å²) >= 11 is 0. The molecule has 6 nitrogen and oxygen atoms in total. The van der Waals surface area contributed by atoms with Crippen molar-refractivity contribution < 1.29 is 9.63 Å². The van der Waals surface area contributed by atoms with E-state index in [2.05, 4.69) is 36.1 Å². The number of rotatable bonds is 2. The van der Waals surface area contributed by atoms with Crippen LogP contribution in [0.3, 0.4) is 0 Å². The Morgan fingerprint density at radius 1 is 1.12 bits per heavy atom. The maximum atomic E-state index is 10.5. The van der Waals surface area contributed by atoms with Gasteiger partial charge in [-0.2, -0.15) is 5.10 Å². The van der Waals surface area contributed by atoms with Crippen LogP contribution in [-0.4, -0.2) is 25.0 Å². The highest BCUT2D eigenvalue weighted by atomic mass is 16.5. The third kappa shape index (κ3) is 2.19. The number of aromatic amines is 1. The van der Waals surface area contributed by atoms with Crippen LogP contribution < -0.4 is 0 Å². The average molecular weight is 322 g/mol. The molecule has 0 aliphatic carbocycles. The Bertz CT molecular complexity index is 986. The second kappa shape index (κ2) is 4.99. The van der Waals surface area contributed by atoms with Crippen molar-refractivity contribution in [1.82, 2.24) is 19.9 Å². The van der Waals surface area contributed by atoms with Crippen LogP contribution in [-0.2, 0) is 5.41 Å². The fourth-order valence-corrected chi connectivity index (χ4v) is 2.88. The summed E-state index contributed by atoms with van der Waals surface area (Å²) in [5.41, 5.74) is 4.09. The number of nitrogens with zero attached hydrogens (tertiary/aromatic N) is 3. The van der Waals surface area contributed by atoms with Crippen LogP contribution >= 0.6 is 0 Å². The summed E-state index contributed by atoms with van der Waals surface area (Å²) in [6, 6.07) is 9.58. The summed E-state index contributed by atoms with van der Waals surface area (Å²) in [6.07, 6.45) is 3.46. The van der Waals surface area contributed by atoms with Crippen LogP contribution in [0.5, 0.6) is 5.88 Å². The van der Waals surface area contributed by atoms with Crippen molar-refractivity contribution in [2.45, 2.75) is 26.2 Å². The fraction of sp³-hybridized carbons (Fsp3) is 0.222. The lowest BCUT2D eigenvalue weighted by molar-refractivity contribution is 0.422. The van der Waals surface area contributed by atoms with Gasteiger partial charge in [0.2, 0.25) is 5.88 Å². The first kappa shape index (κ1) is 14.6. The molecule has 6 heteroatoms. The molecule has 0 saturated heterocycles. The predicted octanol–water partition coefficient (Wildman–Crippen LogP) is 4.01. The zero-order valence-corrected chi connectivity index (χ0v) is 13.7. The van der Waals surface area contributed by atoms with Gasteiger partial charge in [0.25, 0.3) is 0 Å². The third-order valence-electron chi connectivity index (χ3n) is 4.10. The van der Waals surface area contributed by atoms with Crippen LogP contribution in [0.2, 0.25) is 0 Å². The van der Waals surface area contributed by atoms with Gasteiger partial charge in [-0.25, -0.2) is 0 Å². The number of H-pyrrole nitrogens is 1. The molecular weight excluding hydrogens is 304 g/mol. The van der Waals surface area contributed by atoms with Crippen LogP contribution in [0.15, 0.2) is 47.3 Å². The Kier molecular flexibility index (Phi) is 3.03. The number of aromatic nitrogens is 4. The summed E-state index contributed by atoms with van der Waals surface area (Å²) in [7, 11) is 0. The van der Waals surface area contributed by atoms with E-state index in [1.165, 1.54) is 0 Å². The van der Waals surface area contributed by atoms with E-state index in [1.54, 1.807) is 10.8 Å². The molecule has 0 spiro atoms. The molecule has 3 aromatic heterocycles. The summed E-state index contributed by atoms with van der Waals surface area (Å²) < 4.78 is 6.63. The van der Waals surface area contributed by atoms with Crippen molar-refractivity contribution >= 4 is 10.9 Å². The van der Waals surface area contributed by atoms with E-state index in [-0.39, 0.29) is 11.3 Å². The molecule has 0 fully saturated rings. The molecule has 0 saturated carbocycles. The molecule has 1 aromatic carbocycles. The molecule has 0 aliphatic rings. The van der Waals surface area contributed by atoms with E-state index in [1.807, 2.05) is 36.5 Å². The minimum absolute atomic E-state index is 0.103. The molecule has 2 N–H and O–H groups in total. The smallest absolute Gasteiger partial charge is 0.222 e.